The molecule has 0 aliphatic heterocycles. The predicted molar refractivity (Wildman–Crippen MR) is 105 cm³/mol. The van der Waals surface area contributed by atoms with E-state index in [1.807, 2.05) is 30.3 Å². The topological polar surface area (TPSA) is 52.0 Å². The fraction of sp³-hybridized carbons (Fsp3) is 0.273. The van der Waals surface area contributed by atoms with E-state index in [-0.39, 0.29) is 5.82 Å². The van der Waals surface area contributed by atoms with Crippen molar-refractivity contribution in [2.24, 2.45) is 11.8 Å². The molecule has 0 aromatic heterocycles. The number of benzene rings is 2. The highest BCUT2D eigenvalue weighted by atomic mass is 19.1. The Hall–Kier alpha value is -2.55. The fourth-order valence-corrected chi connectivity index (χ4v) is 3.45. The number of hydrogen-bond donors (Lipinski definition) is 2. The van der Waals surface area contributed by atoms with E-state index in [2.05, 4.69) is 26.0 Å². The Morgan fingerprint density at radius 2 is 1.68 bits per heavy atom. The number of aryl methyl sites for hydroxylation is 1. The molecule has 0 saturated heterocycles. The third-order valence-corrected chi connectivity index (χ3v) is 5.26. The normalized spacial score (nSPS) is 20.6. The number of allylic oxidation sites excluding steroid dienone is 4. The molecule has 0 spiro atoms. The van der Waals surface area contributed by atoms with Gasteiger partial charge in [0.25, 0.3) is 0 Å². The van der Waals surface area contributed by atoms with Crippen molar-refractivity contribution in [1.29, 1.82) is 0 Å². The van der Waals surface area contributed by atoms with Gasteiger partial charge in [0.1, 0.15) is 5.82 Å². The van der Waals surface area contributed by atoms with Crippen LogP contribution < -0.4 is 11.5 Å². The Bertz CT molecular complexity index is 864. The number of halogens is 1. The van der Waals surface area contributed by atoms with Crippen molar-refractivity contribution in [3.63, 3.8) is 0 Å². The first-order valence-corrected chi connectivity index (χ1v) is 8.71. The number of nitrogen functional groups attached to an aromatic ring is 2. The summed E-state index contributed by atoms with van der Waals surface area (Å²) < 4.78 is 13.8. The van der Waals surface area contributed by atoms with Crippen LogP contribution in [0.4, 0.5) is 15.8 Å². The second-order valence-corrected chi connectivity index (χ2v) is 7.04. The lowest BCUT2D eigenvalue weighted by atomic mass is 9.81. The van der Waals surface area contributed by atoms with E-state index in [0.717, 1.165) is 23.1 Å². The molecule has 1 aliphatic rings. The van der Waals surface area contributed by atoms with E-state index in [0.29, 0.717) is 28.8 Å². The van der Waals surface area contributed by atoms with Crippen molar-refractivity contribution in [2.75, 3.05) is 11.5 Å². The van der Waals surface area contributed by atoms with Crippen LogP contribution in [0.1, 0.15) is 37.0 Å². The minimum atomic E-state index is -0.174. The van der Waals surface area contributed by atoms with Crippen LogP contribution in [0.2, 0.25) is 0 Å². The van der Waals surface area contributed by atoms with Crippen molar-refractivity contribution in [3.8, 4) is 0 Å². The van der Waals surface area contributed by atoms with E-state index in [9.17, 15) is 4.39 Å². The average Bonchev–Trinajstić information content (AvgIpc) is 2.72. The molecule has 4 N–H and O–H groups in total. The van der Waals surface area contributed by atoms with E-state index < -0.39 is 0 Å². The molecule has 3 heteroatoms. The summed E-state index contributed by atoms with van der Waals surface area (Å²) in [4.78, 5) is 0. The van der Waals surface area contributed by atoms with Crippen LogP contribution in [0, 0.1) is 24.6 Å². The summed E-state index contributed by atoms with van der Waals surface area (Å²) in [5.41, 5.74) is 18.2. The minimum absolute atomic E-state index is 0.174. The summed E-state index contributed by atoms with van der Waals surface area (Å²) in [5.74, 6) is 0.668. The molecule has 2 aromatic carbocycles. The van der Waals surface area contributed by atoms with Gasteiger partial charge in [-0.25, -0.2) is 4.39 Å². The van der Waals surface area contributed by atoms with Crippen LogP contribution >= 0.6 is 0 Å². The van der Waals surface area contributed by atoms with Gasteiger partial charge in [0.15, 0.2) is 0 Å². The van der Waals surface area contributed by atoms with E-state index in [4.69, 9.17) is 11.5 Å². The van der Waals surface area contributed by atoms with Gasteiger partial charge in [-0.2, -0.15) is 0 Å². The highest BCUT2D eigenvalue weighted by Gasteiger charge is 2.24. The first kappa shape index (κ1) is 17.3. The Kier molecular flexibility index (Phi) is 4.67. The van der Waals surface area contributed by atoms with Crippen molar-refractivity contribution >= 4 is 22.5 Å². The SMILES string of the molecule is Cc1cc(C2=C(c3ccc(N)c(N)c3)C=CCC(C)[C@@H]2C)ccc1F. The zero-order valence-corrected chi connectivity index (χ0v) is 15.0. The van der Waals surface area contributed by atoms with Gasteiger partial charge in [-0.05, 0) is 77.3 Å². The predicted octanol–water partition coefficient (Wildman–Crippen LogP) is 5.44. The van der Waals surface area contributed by atoms with Crippen LogP contribution in [0.3, 0.4) is 0 Å². The van der Waals surface area contributed by atoms with Crippen LogP contribution in [0.25, 0.3) is 11.1 Å². The Labute approximate surface area is 149 Å². The minimum Gasteiger partial charge on any atom is -0.397 e. The summed E-state index contributed by atoms with van der Waals surface area (Å²) in [6.45, 7) is 6.30. The molecule has 2 atom stereocenters. The number of rotatable bonds is 2. The van der Waals surface area contributed by atoms with Crippen molar-refractivity contribution in [2.45, 2.75) is 27.2 Å². The summed E-state index contributed by atoms with van der Waals surface area (Å²) in [7, 11) is 0. The molecule has 130 valence electrons. The van der Waals surface area contributed by atoms with Gasteiger partial charge in [0.2, 0.25) is 0 Å². The summed E-state index contributed by atoms with van der Waals surface area (Å²) in [6, 6.07) is 11.1. The molecule has 2 nitrogen and oxygen atoms in total. The summed E-state index contributed by atoms with van der Waals surface area (Å²) in [6.07, 6.45) is 5.39. The molecular weight excluding hydrogens is 311 g/mol. The molecule has 0 heterocycles. The van der Waals surface area contributed by atoms with Crippen LogP contribution in [0.15, 0.2) is 48.6 Å². The van der Waals surface area contributed by atoms with Gasteiger partial charge in [0, 0.05) is 0 Å². The lowest BCUT2D eigenvalue weighted by Crippen LogP contribution is -2.10. The van der Waals surface area contributed by atoms with E-state index >= 15 is 0 Å². The molecule has 0 radical (unpaired) electrons. The molecule has 1 unspecified atom stereocenters. The first-order valence-electron chi connectivity index (χ1n) is 8.71. The quantitative estimate of drug-likeness (QED) is 0.717. The summed E-state index contributed by atoms with van der Waals surface area (Å²) in [5, 5.41) is 0. The fourth-order valence-electron chi connectivity index (χ4n) is 3.45. The van der Waals surface area contributed by atoms with E-state index in [1.54, 1.807) is 13.0 Å². The third-order valence-electron chi connectivity index (χ3n) is 5.26. The van der Waals surface area contributed by atoms with Crippen molar-refractivity contribution in [1.82, 2.24) is 0 Å². The van der Waals surface area contributed by atoms with Gasteiger partial charge >= 0.3 is 0 Å². The number of nitrogens with two attached hydrogens (primary N) is 2. The van der Waals surface area contributed by atoms with Crippen molar-refractivity contribution in [3.05, 3.63) is 71.1 Å². The number of hydrogen-bond acceptors (Lipinski definition) is 2. The second kappa shape index (κ2) is 6.75. The smallest absolute Gasteiger partial charge is 0.126 e. The van der Waals surface area contributed by atoms with Gasteiger partial charge in [0.05, 0.1) is 11.4 Å². The zero-order chi connectivity index (χ0) is 18.1. The molecule has 0 fully saturated rings. The molecule has 0 bridgehead atoms. The highest BCUT2D eigenvalue weighted by molar-refractivity contribution is 5.97. The lowest BCUT2D eigenvalue weighted by molar-refractivity contribution is 0.480. The average molecular weight is 336 g/mol. The van der Waals surface area contributed by atoms with Gasteiger partial charge in [-0.3, -0.25) is 0 Å². The Balaban J connectivity index is 2.26. The lowest BCUT2D eigenvalue weighted by Gasteiger charge is -2.24. The third kappa shape index (κ3) is 3.32. The Morgan fingerprint density at radius 3 is 2.36 bits per heavy atom. The molecule has 3 rings (SSSR count). The Morgan fingerprint density at radius 1 is 0.960 bits per heavy atom. The van der Waals surface area contributed by atoms with Crippen LogP contribution in [0.5, 0.6) is 0 Å². The molecule has 0 saturated carbocycles. The van der Waals surface area contributed by atoms with Gasteiger partial charge < -0.3 is 11.5 Å². The molecular formula is C22H25FN2. The standard InChI is InChI=1S/C22H25FN2/c1-13-5-4-6-18(16-8-10-20(24)21(25)12-16)22(15(13)3)17-7-9-19(23)14(2)11-17/h4,6-13,15H,5,24-25H2,1-3H3/t13?,15-/m0/s1. The molecule has 25 heavy (non-hydrogen) atoms. The highest BCUT2D eigenvalue weighted by Crippen LogP contribution is 2.41. The molecule has 1 aliphatic carbocycles. The maximum absolute atomic E-state index is 13.8. The van der Waals surface area contributed by atoms with Crippen LogP contribution in [-0.2, 0) is 0 Å². The van der Waals surface area contributed by atoms with E-state index in [1.165, 1.54) is 5.57 Å². The van der Waals surface area contributed by atoms with Crippen molar-refractivity contribution < 1.29 is 4.39 Å². The molecule has 0 amide bonds. The summed E-state index contributed by atoms with van der Waals surface area (Å²) >= 11 is 0. The molecule has 2 aromatic rings. The number of anilines is 2. The first-order chi connectivity index (χ1) is 11.9. The van der Waals surface area contributed by atoms with Gasteiger partial charge in [-0.1, -0.05) is 38.1 Å². The maximum Gasteiger partial charge on any atom is 0.126 e. The zero-order valence-electron chi connectivity index (χ0n) is 15.0. The maximum atomic E-state index is 13.8. The second-order valence-electron chi connectivity index (χ2n) is 7.04. The van der Waals surface area contributed by atoms with Gasteiger partial charge in [-0.15, -0.1) is 0 Å². The largest absolute Gasteiger partial charge is 0.397 e. The van der Waals surface area contributed by atoms with Crippen LogP contribution in [-0.4, -0.2) is 0 Å². The monoisotopic (exact) mass is 336 g/mol.